The van der Waals surface area contributed by atoms with Gasteiger partial charge in [-0.2, -0.15) is 0 Å². The molecule has 1 saturated heterocycles. The average molecular weight is 331 g/mol. The molecule has 1 aromatic carbocycles. The highest BCUT2D eigenvalue weighted by Gasteiger charge is 2.25. The van der Waals surface area contributed by atoms with Gasteiger partial charge in [0.05, 0.1) is 12.1 Å². The number of hydrogen-bond donors (Lipinski definition) is 2. The van der Waals surface area contributed by atoms with Crippen LogP contribution in [0.25, 0.3) is 0 Å². The molecule has 0 aromatic heterocycles. The first-order chi connectivity index (χ1) is 9.06. The predicted octanol–water partition coefficient (Wildman–Crippen LogP) is 2.56. The van der Waals surface area contributed by atoms with Crippen molar-refractivity contribution in [3.8, 4) is 0 Å². The molecule has 0 aliphatic carbocycles. The lowest BCUT2D eigenvalue weighted by atomic mass is 10.2. The third kappa shape index (κ3) is 3.91. The zero-order chi connectivity index (χ0) is 13.8. The zero-order valence-electron chi connectivity index (χ0n) is 10.6. The van der Waals surface area contributed by atoms with Crippen molar-refractivity contribution in [2.75, 3.05) is 6.61 Å². The van der Waals surface area contributed by atoms with Gasteiger partial charge in [0.15, 0.2) is 0 Å². The Morgan fingerprint density at radius 1 is 1.58 bits per heavy atom. The quantitative estimate of drug-likeness (QED) is 0.894. The molecule has 2 amide bonds. The molecule has 0 saturated carbocycles. The van der Waals surface area contributed by atoms with Gasteiger partial charge in [0.2, 0.25) is 0 Å². The number of carbonyl (C=O) groups excluding carboxylic acids is 1. The molecule has 6 heteroatoms. The first kappa shape index (κ1) is 14.3. The Balaban J connectivity index is 1.83. The number of halogens is 2. The van der Waals surface area contributed by atoms with Crippen LogP contribution in [0.5, 0.6) is 0 Å². The highest BCUT2D eigenvalue weighted by atomic mass is 79.9. The van der Waals surface area contributed by atoms with Crippen molar-refractivity contribution in [2.24, 2.45) is 0 Å². The summed E-state index contributed by atoms with van der Waals surface area (Å²) in [5.74, 6) is -0.341. The normalized spacial score (nSPS) is 22.3. The Kier molecular flexibility index (Phi) is 4.76. The van der Waals surface area contributed by atoms with Crippen molar-refractivity contribution >= 4 is 22.0 Å². The van der Waals surface area contributed by atoms with E-state index in [0.717, 1.165) is 6.42 Å². The molecule has 0 unspecified atom stereocenters. The van der Waals surface area contributed by atoms with Crippen LogP contribution in [0.3, 0.4) is 0 Å². The van der Waals surface area contributed by atoms with Gasteiger partial charge < -0.3 is 15.4 Å². The Bertz CT molecular complexity index is 470. The first-order valence-corrected chi connectivity index (χ1v) is 6.95. The van der Waals surface area contributed by atoms with Gasteiger partial charge in [0.25, 0.3) is 0 Å². The van der Waals surface area contributed by atoms with E-state index in [0.29, 0.717) is 16.6 Å². The Morgan fingerprint density at radius 3 is 3.00 bits per heavy atom. The summed E-state index contributed by atoms with van der Waals surface area (Å²) in [7, 11) is 0. The summed E-state index contributed by atoms with van der Waals surface area (Å²) in [4.78, 5) is 11.7. The second-order valence-corrected chi connectivity index (χ2v) is 5.45. The van der Waals surface area contributed by atoms with Crippen LogP contribution in [0.1, 0.15) is 18.9 Å². The van der Waals surface area contributed by atoms with Gasteiger partial charge >= 0.3 is 6.03 Å². The lowest BCUT2D eigenvalue weighted by molar-refractivity contribution is 0.114. The van der Waals surface area contributed by atoms with Crippen molar-refractivity contribution in [1.29, 1.82) is 0 Å². The van der Waals surface area contributed by atoms with E-state index < -0.39 is 0 Å². The van der Waals surface area contributed by atoms with E-state index in [-0.39, 0.29) is 30.5 Å². The van der Waals surface area contributed by atoms with Gasteiger partial charge in [-0.05, 0) is 25.5 Å². The van der Waals surface area contributed by atoms with Gasteiger partial charge in [-0.15, -0.1) is 0 Å². The van der Waals surface area contributed by atoms with Crippen LogP contribution in [0.2, 0.25) is 0 Å². The van der Waals surface area contributed by atoms with Gasteiger partial charge in [-0.25, -0.2) is 9.18 Å². The maximum atomic E-state index is 13.5. The largest absolute Gasteiger partial charge is 0.376 e. The Hall–Kier alpha value is -1.14. The van der Waals surface area contributed by atoms with E-state index in [1.165, 1.54) is 6.07 Å². The van der Waals surface area contributed by atoms with Crippen molar-refractivity contribution in [2.45, 2.75) is 32.0 Å². The molecule has 1 aliphatic rings. The Morgan fingerprint density at radius 2 is 2.37 bits per heavy atom. The zero-order valence-corrected chi connectivity index (χ0v) is 12.2. The molecule has 2 atom stereocenters. The first-order valence-electron chi connectivity index (χ1n) is 6.16. The van der Waals surface area contributed by atoms with Crippen LogP contribution >= 0.6 is 15.9 Å². The molecule has 104 valence electrons. The molecule has 1 heterocycles. The maximum Gasteiger partial charge on any atom is 0.315 e. The fourth-order valence-corrected chi connectivity index (χ4v) is 2.31. The number of benzene rings is 1. The summed E-state index contributed by atoms with van der Waals surface area (Å²) in [6.07, 6.45) is 0.830. The molecule has 0 radical (unpaired) electrons. The number of ether oxygens (including phenoxy) is 1. The number of hydrogen-bond acceptors (Lipinski definition) is 2. The molecule has 0 bridgehead atoms. The predicted molar refractivity (Wildman–Crippen MR) is 73.3 cm³/mol. The standard InChI is InChI=1S/C13H16BrFN2O2/c1-8-12(4-5-19-8)17-13(18)16-7-9-2-3-10(14)6-11(9)15/h2-3,6,8,12H,4-5,7H2,1H3,(H2,16,17,18)/t8-,12-/m0/s1. The van der Waals surface area contributed by atoms with Crippen LogP contribution in [0, 0.1) is 5.82 Å². The topological polar surface area (TPSA) is 50.4 Å². The smallest absolute Gasteiger partial charge is 0.315 e. The minimum Gasteiger partial charge on any atom is -0.376 e. The summed E-state index contributed by atoms with van der Waals surface area (Å²) >= 11 is 3.19. The van der Waals surface area contributed by atoms with Crippen LogP contribution in [0.4, 0.5) is 9.18 Å². The fourth-order valence-electron chi connectivity index (χ4n) is 1.98. The van der Waals surface area contributed by atoms with E-state index in [9.17, 15) is 9.18 Å². The molecule has 2 N–H and O–H groups in total. The molecule has 2 rings (SSSR count). The Labute approximate surface area is 119 Å². The van der Waals surface area contributed by atoms with E-state index in [4.69, 9.17) is 4.74 Å². The van der Waals surface area contributed by atoms with Crippen molar-refractivity contribution in [3.05, 3.63) is 34.1 Å². The average Bonchev–Trinajstić information content (AvgIpc) is 2.74. The monoisotopic (exact) mass is 330 g/mol. The molecule has 0 spiro atoms. The summed E-state index contributed by atoms with van der Waals surface area (Å²) in [6.45, 7) is 2.74. The third-order valence-electron chi connectivity index (χ3n) is 3.15. The lowest BCUT2D eigenvalue weighted by Crippen LogP contribution is -2.44. The van der Waals surface area contributed by atoms with Gasteiger partial charge in [-0.3, -0.25) is 0 Å². The molecular weight excluding hydrogens is 315 g/mol. The van der Waals surface area contributed by atoms with Crippen LogP contribution in [-0.2, 0) is 11.3 Å². The fraction of sp³-hybridized carbons (Fsp3) is 0.462. The second-order valence-electron chi connectivity index (χ2n) is 4.53. The van der Waals surface area contributed by atoms with Crippen molar-refractivity contribution in [3.63, 3.8) is 0 Å². The molecular formula is C13H16BrFN2O2. The van der Waals surface area contributed by atoms with E-state index >= 15 is 0 Å². The summed E-state index contributed by atoms with van der Waals surface area (Å²) in [5.41, 5.74) is 0.453. The lowest BCUT2D eigenvalue weighted by Gasteiger charge is -2.16. The van der Waals surface area contributed by atoms with Gasteiger partial charge in [0.1, 0.15) is 5.82 Å². The number of rotatable bonds is 3. The number of amides is 2. The molecule has 19 heavy (non-hydrogen) atoms. The van der Waals surface area contributed by atoms with Crippen LogP contribution in [-0.4, -0.2) is 24.8 Å². The SMILES string of the molecule is C[C@@H]1OCC[C@@H]1NC(=O)NCc1ccc(Br)cc1F. The number of carbonyl (C=O) groups is 1. The van der Waals surface area contributed by atoms with Crippen molar-refractivity contribution in [1.82, 2.24) is 10.6 Å². The van der Waals surface area contributed by atoms with E-state index in [1.807, 2.05) is 6.92 Å². The molecule has 4 nitrogen and oxygen atoms in total. The van der Waals surface area contributed by atoms with Crippen LogP contribution in [0.15, 0.2) is 22.7 Å². The minimum atomic E-state index is -0.341. The molecule has 1 aromatic rings. The summed E-state index contributed by atoms with van der Waals surface area (Å²) < 4.78 is 19.6. The molecule has 1 aliphatic heterocycles. The number of urea groups is 1. The number of nitrogens with one attached hydrogen (secondary N) is 2. The molecule has 1 fully saturated rings. The van der Waals surface area contributed by atoms with E-state index in [2.05, 4.69) is 26.6 Å². The minimum absolute atomic E-state index is 0.0229. The van der Waals surface area contributed by atoms with E-state index in [1.54, 1.807) is 12.1 Å². The second kappa shape index (κ2) is 6.34. The maximum absolute atomic E-state index is 13.5. The van der Waals surface area contributed by atoms with Crippen molar-refractivity contribution < 1.29 is 13.9 Å². The summed E-state index contributed by atoms with van der Waals surface area (Å²) in [6, 6.07) is 4.48. The highest BCUT2D eigenvalue weighted by molar-refractivity contribution is 9.10. The summed E-state index contributed by atoms with van der Waals surface area (Å²) in [5, 5.41) is 5.47. The van der Waals surface area contributed by atoms with Gasteiger partial charge in [-0.1, -0.05) is 22.0 Å². The third-order valence-corrected chi connectivity index (χ3v) is 3.64. The van der Waals surface area contributed by atoms with Crippen LogP contribution < -0.4 is 10.6 Å². The van der Waals surface area contributed by atoms with Gasteiger partial charge in [0, 0.05) is 23.2 Å². The highest BCUT2D eigenvalue weighted by Crippen LogP contribution is 2.15.